The molecule has 0 unspecified atom stereocenters. The minimum absolute atomic E-state index is 0.0428. The summed E-state index contributed by atoms with van der Waals surface area (Å²) in [7, 11) is 0. The first-order valence-corrected chi connectivity index (χ1v) is 14.1. The molecule has 2 aromatic carbocycles. The van der Waals surface area contributed by atoms with E-state index in [0.29, 0.717) is 65.4 Å². The molecule has 0 spiro atoms. The van der Waals surface area contributed by atoms with Crippen LogP contribution in [-0.2, 0) is 27.5 Å². The predicted octanol–water partition coefficient (Wildman–Crippen LogP) is 2.50. The number of phenols is 1. The first-order chi connectivity index (χ1) is 19.5. The number of aromatic hydroxyl groups is 1. The number of piperidine rings is 1. The lowest BCUT2D eigenvalue weighted by Crippen LogP contribution is -2.50. The van der Waals surface area contributed by atoms with Gasteiger partial charge in [0.2, 0.25) is 18.2 Å². The van der Waals surface area contributed by atoms with E-state index in [0.717, 1.165) is 29.7 Å². The van der Waals surface area contributed by atoms with Gasteiger partial charge in [-0.1, -0.05) is 48.6 Å². The molecule has 0 aromatic heterocycles. The average molecular weight is 547 g/mol. The lowest BCUT2D eigenvalue weighted by atomic mass is 9.82. The third-order valence-electron chi connectivity index (χ3n) is 8.24. The van der Waals surface area contributed by atoms with Crippen LogP contribution in [0.25, 0.3) is 0 Å². The molecule has 3 heterocycles. The van der Waals surface area contributed by atoms with Crippen LogP contribution in [0.15, 0.2) is 60.7 Å². The number of piperazine rings is 1. The van der Waals surface area contributed by atoms with Gasteiger partial charge in [-0.25, -0.2) is 0 Å². The molecule has 2 atom stereocenters. The molecular formula is C31H38N4O5. The van der Waals surface area contributed by atoms with E-state index in [-0.39, 0.29) is 35.9 Å². The first-order valence-electron chi connectivity index (χ1n) is 14.1. The standard InChI is InChI=1S/C31H38N4O5/c36-23-32-13-15-34(16-14-32)30(38)18-24-11-12-35-21-25(24)8-5-17-40-29-10-4-2-7-27(29)20-33(22-31(35)39)19-26-6-1-3-9-28(26)37/h1-10,23-25,37H,11-22H2/b8-5-/t24-,25-/m0/s1. The van der Waals surface area contributed by atoms with Gasteiger partial charge in [-0.2, -0.15) is 0 Å². The lowest BCUT2D eigenvalue weighted by molar-refractivity contribution is -0.138. The van der Waals surface area contributed by atoms with Crippen molar-refractivity contribution in [1.82, 2.24) is 19.6 Å². The van der Waals surface area contributed by atoms with Crippen molar-refractivity contribution < 1.29 is 24.2 Å². The van der Waals surface area contributed by atoms with E-state index in [1.807, 2.05) is 52.3 Å². The maximum absolute atomic E-state index is 13.6. The number of rotatable bonds is 5. The number of carbonyl (C=O) groups is 3. The third kappa shape index (κ3) is 6.83. The summed E-state index contributed by atoms with van der Waals surface area (Å²) in [5.41, 5.74) is 1.75. The number of phenolic OH excluding ortho intramolecular Hbond substituents is 1. The summed E-state index contributed by atoms with van der Waals surface area (Å²) in [4.78, 5) is 45.3. The molecule has 0 saturated carbocycles. The Balaban J connectivity index is 1.33. The minimum atomic E-state index is 0.0428. The van der Waals surface area contributed by atoms with Crippen molar-refractivity contribution in [2.24, 2.45) is 11.8 Å². The fourth-order valence-corrected chi connectivity index (χ4v) is 5.89. The number of para-hydroxylation sites is 2. The topological polar surface area (TPSA) is 93.6 Å². The second-order valence-corrected chi connectivity index (χ2v) is 10.9. The number of carbonyl (C=O) groups excluding carboxylic acids is 3. The van der Waals surface area contributed by atoms with Gasteiger partial charge in [0.1, 0.15) is 18.1 Å². The normalized spacial score (nSPS) is 23.2. The zero-order valence-corrected chi connectivity index (χ0v) is 22.9. The predicted molar refractivity (Wildman–Crippen MR) is 150 cm³/mol. The zero-order chi connectivity index (χ0) is 27.9. The molecular weight excluding hydrogens is 508 g/mol. The van der Waals surface area contributed by atoms with Crippen molar-refractivity contribution in [2.75, 3.05) is 52.4 Å². The first kappa shape index (κ1) is 27.7. The van der Waals surface area contributed by atoms with Crippen molar-refractivity contribution in [3.63, 3.8) is 0 Å². The summed E-state index contributed by atoms with van der Waals surface area (Å²) in [6.07, 6.45) is 6.15. The largest absolute Gasteiger partial charge is 0.508 e. The quantitative estimate of drug-likeness (QED) is 0.458. The molecule has 9 nitrogen and oxygen atoms in total. The van der Waals surface area contributed by atoms with E-state index in [9.17, 15) is 19.5 Å². The Hall–Kier alpha value is -3.85. The van der Waals surface area contributed by atoms with Gasteiger partial charge >= 0.3 is 0 Å². The number of nitrogens with zero attached hydrogens (tertiary/aromatic N) is 4. The molecule has 9 heteroatoms. The van der Waals surface area contributed by atoms with Crippen molar-refractivity contribution >= 4 is 18.2 Å². The zero-order valence-electron chi connectivity index (χ0n) is 22.9. The Morgan fingerprint density at radius 1 is 1.00 bits per heavy atom. The Labute approximate surface area is 235 Å². The number of hydrogen-bond donors (Lipinski definition) is 1. The fourth-order valence-electron chi connectivity index (χ4n) is 5.89. The van der Waals surface area contributed by atoms with Gasteiger partial charge in [-0.15, -0.1) is 0 Å². The SMILES string of the molecule is O=CN1CCN(C(=O)C[C@@H]2CCN3C[C@@H]2/C=C\COc2ccccc2CN(Cc2ccccc2O)CC3=O)CC1. The summed E-state index contributed by atoms with van der Waals surface area (Å²) in [5.74, 6) is 1.32. The average Bonchev–Trinajstić information content (AvgIpc) is 2.98. The van der Waals surface area contributed by atoms with Crippen LogP contribution in [0.3, 0.4) is 0 Å². The highest BCUT2D eigenvalue weighted by atomic mass is 16.5. The van der Waals surface area contributed by atoms with Crippen molar-refractivity contribution in [1.29, 1.82) is 0 Å². The van der Waals surface area contributed by atoms with Gasteiger partial charge in [-0.05, 0) is 30.4 Å². The van der Waals surface area contributed by atoms with Crippen LogP contribution >= 0.6 is 0 Å². The molecule has 0 aliphatic carbocycles. The third-order valence-corrected chi connectivity index (χ3v) is 8.24. The van der Waals surface area contributed by atoms with Crippen molar-refractivity contribution in [2.45, 2.75) is 25.9 Å². The molecule has 2 fully saturated rings. The maximum Gasteiger partial charge on any atom is 0.236 e. The van der Waals surface area contributed by atoms with E-state index >= 15 is 0 Å². The summed E-state index contributed by atoms with van der Waals surface area (Å²) in [6.45, 7) is 4.98. The summed E-state index contributed by atoms with van der Waals surface area (Å²) < 4.78 is 6.15. The van der Waals surface area contributed by atoms with Crippen LogP contribution in [0.2, 0.25) is 0 Å². The van der Waals surface area contributed by atoms with Gasteiger partial charge in [0.05, 0.1) is 6.54 Å². The van der Waals surface area contributed by atoms with E-state index < -0.39 is 0 Å². The number of ether oxygens (including phenoxy) is 1. The summed E-state index contributed by atoms with van der Waals surface area (Å²) >= 11 is 0. The summed E-state index contributed by atoms with van der Waals surface area (Å²) in [6, 6.07) is 15.1. The molecule has 5 rings (SSSR count). The van der Waals surface area contributed by atoms with Crippen LogP contribution < -0.4 is 4.74 Å². The molecule has 3 aliphatic heterocycles. The molecule has 212 valence electrons. The molecule has 2 bridgehead atoms. The van der Waals surface area contributed by atoms with E-state index in [2.05, 4.69) is 11.0 Å². The van der Waals surface area contributed by atoms with E-state index in [1.54, 1.807) is 17.0 Å². The second kappa shape index (κ2) is 13.0. The Morgan fingerprint density at radius 2 is 1.77 bits per heavy atom. The molecule has 3 aliphatic rings. The van der Waals surface area contributed by atoms with Gasteiger partial charge < -0.3 is 24.5 Å². The highest BCUT2D eigenvalue weighted by Gasteiger charge is 2.33. The van der Waals surface area contributed by atoms with Gasteiger partial charge in [0.25, 0.3) is 0 Å². The van der Waals surface area contributed by atoms with Gasteiger partial charge in [-0.3, -0.25) is 19.3 Å². The van der Waals surface area contributed by atoms with Crippen LogP contribution in [0.4, 0.5) is 0 Å². The minimum Gasteiger partial charge on any atom is -0.508 e. The fraction of sp³-hybridized carbons (Fsp3) is 0.452. The molecule has 2 aromatic rings. The van der Waals surface area contributed by atoms with Gasteiger partial charge in [0.15, 0.2) is 0 Å². The molecule has 3 amide bonds. The van der Waals surface area contributed by atoms with Crippen LogP contribution in [-0.4, -0.2) is 95.4 Å². The Morgan fingerprint density at radius 3 is 2.58 bits per heavy atom. The van der Waals surface area contributed by atoms with E-state index in [1.165, 1.54) is 0 Å². The lowest BCUT2D eigenvalue weighted by Gasteiger charge is -2.39. The highest BCUT2D eigenvalue weighted by molar-refractivity contribution is 5.79. The number of hydrogen-bond acceptors (Lipinski definition) is 6. The maximum atomic E-state index is 13.6. The van der Waals surface area contributed by atoms with Crippen molar-refractivity contribution in [3.05, 3.63) is 71.8 Å². The number of benzene rings is 2. The second-order valence-electron chi connectivity index (χ2n) is 10.9. The van der Waals surface area contributed by atoms with Gasteiger partial charge in [0, 0.05) is 69.9 Å². The Bertz CT molecular complexity index is 1230. The highest BCUT2D eigenvalue weighted by Crippen LogP contribution is 2.30. The number of fused-ring (bicyclic) bond motifs is 3. The molecule has 0 radical (unpaired) electrons. The Kier molecular flexibility index (Phi) is 9.01. The molecule has 1 N–H and O–H groups in total. The smallest absolute Gasteiger partial charge is 0.236 e. The van der Waals surface area contributed by atoms with Crippen LogP contribution in [0, 0.1) is 11.8 Å². The monoisotopic (exact) mass is 546 g/mol. The van der Waals surface area contributed by atoms with Crippen LogP contribution in [0.5, 0.6) is 11.5 Å². The molecule has 2 saturated heterocycles. The molecule has 40 heavy (non-hydrogen) atoms. The van der Waals surface area contributed by atoms with E-state index in [4.69, 9.17) is 4.74 Å². The summed E-state index contributed by atoms with van der Waals surface area (Å²) in [5, 5.41) is 10.4. The number of amides is 3. The van der Waals surface area contributed by atoms with Crippen molar-refractivity contribution in [3.8, 4) is 11.5 Å². The van der Waals surface area contributed by atoms with Crippen LogP contribution in [0.1, 0.15) is 24.0 Å².